The number of hydrogen-bond donors (Lipinski definition) is 1. The first-order valence-electron chi connectivity index (χ1n) is 17.9. The van der Waals surface area contributed by atoms with Gasteiger partial charge in [-0.25, -0.2) is 87.8 Å². The number of carbonyl (C=O) groups excluding carboxylic acids is 2. The molecule has 4 nitrogen and oxygen atoms in total. The Kier molecular flexibility index (Phi) is 13.2. The summed E-state index contributed by atoms with van der Waals surface area (Å²) in [6.07, 6.45) is -3.74. The monoisotopic (exact) mass is 970 g/mol. The van der Waals surface area contributed by atoms with Crippen molar-refractivity contribution in [3.8, 4) is 0 Å². The Labute approximate surface area is 359 Å². The average Bonchev–Trinajstić information content (AvgIpc) is 3.31. The van der Waals surface area contributed by atoms with E-state index in [2.05, 4.69) is 0 Å². The first-order chi connectivity index (χ1) is 31.3. The van der Waals surface area contributed by atoms with Crippen molar-refractivity contribution in [2.75, 3.05) is 0 Å². The summed E-state index contributed by atoms with van der Waals surface area (Å²) in [6.45, 7) is 0.162. The molecule has 0 fully saturated rings. The quantitative estimate of drug-likeness (QED) is 0.0420. The Morgan fingerprint density at radius 1 is 0.388 bits per heavy atom. The minimum atomic E-state index is -7.22. The third kappa shape index (κ3) is 7.73. The molecule has 348 valence electrons. The van der Waals surface area contributed by atoms with E-state index in [0.29, 0.717) is 11.1 Å². The van der Waals surface area contributed by atoms with Crippen LogP contribution in [0.2, 0.25) is 0 Å². The second-order valence-electron chi connectivity index (χ2n) is 13.9. The molecule has 1 aromatic heterocycles. The number of aromatic nitrogens is 1. The Balaban J connectivity index is 0.000000279. The molecule has 7 rings (SSSR count). The number of amides is 1. The lowest BCUT2D eigenvalue weighted by Crippen LogP contribution is -2.81. The van der Waals surface area contributed by atoms with Gasteiger partial charge in [0, 0.05) is 16.3 Å². The van der Waals surface area contributed by atoms with Gasteiger partial charge in [0.1, 0.15) is 58.2 Å². The third-order valence-corrected chi connectivity index (χ3v) is 10.2. The summed E-state index contributed by atoms with van der Waals surface area (Å²) >= 11 is 0. The van der Waals surface area contributed by atoms with Crippen LogP contribution in [0.25, 0.3) is 10.8 Å². The number of rotatable bonds is 8. The van der Waals surface area contributed by atoms with Crippen molar-refractivity contribution in [2.45, 2.75) is 6.54 Å². The van der Waals surface area contributed by atoms with Gasteiger partial charge >= 0.3 is 0 Å². The van der Waals surface area contributed by atoms with Crippen molar-refractivity contribution >= 4 is 50.5 Å². The number of Topliss-reactive ketones (excluding diaryl/α,β-unsaturated/α-hetero) is 1. The summed E-state index contributed by atoms with van der Waals surface area (Å²) < 4.78 is 296. The summed E-state index contributed by atoms with van der Waals surface area (Å²) in [4.78, 5) is 23.9. The van der Waals surface area contributed by atoms with Gasteiger partial charge < -0.3 is 5.73 Å². The Morgan fingerprint density at radius 2 is 0.672 bits per heavy atom. The molecule has 2 N–H and O–H groups in total. The molecule has 0 bridgehead atoms. The maximum Gasteiger partial charge on any atom is 0.255 e. The van der Waals surface area contributed by atoms with Crippen LogP contribution in [0.1, 0.15) is 20.7 Å². The van der Waals surface area contributed by atoms with Crippen LogP contribution < -0.4 is 32.2 Å². The highest BCUT2D eigenvalue weighted by atomic mass is 19.2. The molecule has 1 amide bonds. The molecule has 0 aliphatic rings. The van der Waals surface area contributed by atoms with Gasteiger partial charge in [0.05, 0.1) is 0 Å². The first kappa shape index (κ1) is 49.0. The summed E-state index contributed by atoms with van der Waals surface area (Å²) in [6, 6.07) is 16.6. The zero-order valence-electron chi connectivity index (χ0n) is 32.0. The lowest BCUT2D eigenvalue weighted by molar-refractivity contribution is -0.681. The molecule has 0 spiro atoms. The van der Waals surface area contributed by atoms with Gasteiger partial charge in [0.25, 0.3) is 5.91 Å². The lowest BCUT2D eigenvalue weighted by atomic mass is 9.12. The van der Waals surface area contributed by atoms with Crippen molar-refractivity contribution < 1.29 is 102 Å². The molecule has 7 aromatic rings. The van der Waals surface area contributed by atoms with E-state index in [1.807, 2.05) is 48.7 Å². The predicted molar refractivity (Wildman–Crippen MR) is 193 cm³/mol. The molecular weight excluding hydrogens is 955 g/mol. The smallest absolute Gasteiger partial charge is 0.255 e. The molecule has 0 atom stereocenters. The Bertz CT molecular complexity index is 2840. The maximum atomic E-state index is 15.4. The molecule has 6 aromatic carbocycles. The van der Waals surface area contributed by atoms with E-state index in [1.165, 1.54) is 0 Å². The number of carbonyl (C=O) groups is 2. The summed E-state index contributed by atoms with van der Waals surface area (Å²) in [5, 5.41) is 1.66. The number of pyridine rings is 1. The van der Waals surface area contributed by atoms with Gasteiger partial charge in [-0.3, -0.25) is 9.59 Å². The van der Waals surface area contributed by atoms with Gasteiger partial charge in [0.15, 0.2) is 82.2 Å². The summed E-state index contributed by atoms with van der Waals surface area (Å²) in [5.41, 5.74) is -7.82. The molecule has 1 heterocycles. The average molecular weight is 970 g/mol. The number of nitrogens with zero attached hydrogens (tertiary/aromatic N) is 1. The fourth-order valence-electron chi connectivity index (χ4n) is 7.35. The van der Waals surface area contributed by atoms with Gasteiger partial charge in [0.2, 0.25) is 12.3 Å². The van der Waals surface area contributed by atoms with E-state index < -0.39 is 150 Å². The fourth-order valence-corrected chi connectivity index (χ4v) is 7.35. The van der Waals surface area contributed by atoms with Crippen molar-refractivity contribution in [3.05, 3.63) is 194 Å². The van der Waals surface area contributed by atoms with E-state index in [1.54, 1.807) is 22.9 Å². The Hall–Kier alpha value is -7.47. The third-order valence-electron chi connectivity index (χ3n) is 10.2. The standard InChI is InChI=1S/C24BF20.C18H14N2O2/c26-5-1(6(27)14(35)21(42)13(5)34)25(2-7(28)15(36)22(43)16(37)8(2)29,3-9(30)17(38)23(44)18(39)10(3)31)4-11(32)19(40)24(45)20(41)12(4)33;19-18(22)16-11-20(10-14-8-4-5-9-15(14)16)12-17(21)13-6-2-1-3-7-13/h;1-11H,12H2,(H-,19,22)/q-1;/p+1. The van der Waals surface area contributed by atoms with Crippen LogP contribution in [0.5, 0.6) is 0 Å². The molecule has 0 aliphatic carbocycles. The van der Waals surface area contributed by atoms with E-state index in [4.69, 9.17) is 5.73 Å². The maximum absolute atomic E-state index is 15.4. The van der Waals surface area contributed by atoms with Gasteiger partial charge in [-0.2, -0.15) is 4.57 Å². The molecule has 0 saturated carbocycles. The van der Waals surface area contributed by atoms with Crippen LogP contribution in [0.4, 0.5) is 87.8 Å². The second kappa shape index (κ2) is 18.1. The van der Waals surface area contributed by atoms with Crippen molar-refractivity contribution in [3.63, 3.8) is 0 Å². The van der Waals surface area contributed by atoms with Crippen LogP contribution in [-0.4, -0.2) is 17.8 Å². The highest BCUT2D eigenvalue weighted by Gasteiger charge is 2.52. The molecule has 25 heteroatoms. The minimum Gasteiger partial charge on any atom is -0.365 e. The summed E-state index contributed by atoms with van der Waals surface area (Å²) in [7, 11) is 0. The predicted octanol–water partition coefficient (Wildman–Crippen LogP) is 7.96. The zero-order valence-corrected chi connectivity index (χ0v) is 32.0. The van der Waals surface area contributed by atoms with Crippen LogP contribution in [0, 0.1) is 116 Å². The number of fused-ring (bicyclic) bond motifs is 1. The fraction of sp³-hybridized carbons (Fsp3) is 0.0238. The van der Waals surface area contributed by atoms with Crippen molar-refractivity contribution in [1.29, 1.82) is 0 Å². The number of primary amides is 1. The zero-order chi connectivity index (χ0) is 49.9. The van der Waals surface area contributed by atoms with Gasteiger partial charge in [-0.05, 0) is 6.07 Å². The van der Waals surface area contributed by atoms with E-state index >= 15 is 35.1 Å². The van der Waals surface area contributed by atoms with E-state index in [0.717, 1.165) is 10.8 Å². The van der Waals surface area contributed by atoms with Crippen LogP contribution in [0.15, 0.2) is 67.0 Å². The normalized spacial score (nSPS) is 11.5. The first-order valence-corrected chi connectivity index (χ1v) is 17.9. The SMILES string of the molecule is Fc1c(F)c(F)c([B-](c2c(F)c(F)c(F)c(F)c2F)(c2c(F)c(F)c(F)c(F)c2F)c2c(F)c(F)c(F)c(F)c2F)c(F)c1F.NC(=O)c1c[n+](CC(=O)c2ccccc2)cc2ccccc12. The molecule has 0 saturated heterocycles. The largest absolute Gasteiger partial charge is 0.365 e. The molecule has 67 heavy (non-hydrogen) atoms. The number of nitrogens with two attached hydrogens (primary N) is 1. The van der Waals surface area contributed by atoms with Gasteiger partial charge in [-0.1, -0.05) is 48.5 Å². The van der Waals surface area contributed by atoms with Crippen molar-refractivity contribution in [1.82, 2.24) is 0 Å². The van der Waals surface area contributed by atoms with Crippen molar-refractivity contribution in [2.24, 2.45) is 5.73 Å². The molecular formula is C42H15BF20N2O2. The minimum absolute atomic E-state index is 0.0173. The van der Waals surface area contributed by atoms with Gasteiger partial charge in [-0.15, -0.1) is 21.9 Å². The van der Waals surface area contributed by atoms with E-state index in [-0.39, 0.29) is 12.3 Å². The number of ketones is 1. The highest BCUT2D eigenvalue weighted by molar-refractivity contribution is 7.20. The van der Waals surface area contributed by atoms with Crippen LogP contribution >= 0.6 is 0 Å². The number of halogens is 20. The highest BCUT2D eigenvalue weighted by Crippen LogP contribution is 2.31. The topological polar surface area (TPSA) is 64.0 Å². The van der Waals surface area contributed by atoms with Crippen LogP contribution in [-0.2, 0) is 6.54 Å². The van der Waals surface area contributed by atoms with Crippen LogP contribution in [0.3, 0.4) is 0 Å². The second-order valence-corrected chi connectivity index (χ2v) is 13.9. The lowest BCUT2D eigenvalue weighted by Gasteiger charge is -2.44. The Morgan fingerprint density at radius 3 is 0.985 bits per heavy atom. The molecule has 0 aliphatic heterocycles. The number of benzene rings is 6. The summed E-state index contributed by atoms with van der Waals surface area (Å²) in [5.74, 6) is -71.9. The molecule has 0 unspecified atom stereocenters. The van der Waals surface area contributed by atoms with E-state index in [9.17, 15) is 62.3 Å². The molecule has 0 radical (unpaired) electrons. The number of hydrogen-bond acceptors (Lipinski definition) is 2.